The molecule has 0 fully saturated rings. The van der Waals surface area contributed by atoms with Crippen LogP contribution in [0.1, 0.15) is 36.1 Å². The normalized spacial score (nSPS) is 13.6. The Morgan fingerprint density at radius 3 is 2.16 bits per heavy atom. The van der Waals surface area contributed by atoms with Crippen molar-refractivity contribution < 1.29 is 0 Å². The number of rotatable bonds is 6. The minimum atomic E-state index is 0.0380. The van der Waals surface area contributed by atoms with Crippen LogP contribution in [0.2, 0.25) is 0 Å². The Morgan fingerprint density at radius 1 is 1.16 bits per heavy atom. The van der Waals surface area contributed by atoms with E-state index in [2.05, 4.69) is 52.1 Å². The summed E-state index contributed by atoms with van der Waals surface area (Å²) in [5.41, 5.74) is 17.0. The molecular formula is C16H29N3. The summed E-state index contributed by atoms with van der Waals surface area (Å²) < 4.78 is 0. The Bertz CT molecular complexity index is 401. The van der Waals surface area contributed by atoms with Crippen LogP contribution in [0.3, 0.4) is 0 Å². The number of hydrogen-bond donors (Lipinski definition) is 3. The van der Waals surface area contributed by atoms with E-state index < -0.39 is 0 Å². The lowest BCUT2D eigenvalue weighted by atomic mass is 9.78. The summed E-state index contributed by atoms with van der Waals surface area (Å²) in [5.74, 6) is 0. The molecule has 0 spiro atoms. The molecule has 1 unspecified atom stereocenters. The third kappa shape index (κ3) is 4.30. The molecule has 0 amide bonds. The molecule has 0 bridgehead atoms. The molecule has 3 heteroatoms. The van der Waals surface area contributed by atoms with E-state index in [1.165, 1.54) is 22.3 Å². The second-order valence-corrected chi connectivity index (χ2v) is 6.28. The second-order valence-electron chi connectivity index (χ2n) is 6.28. The molecule has 0 aliphatic heterocycles. The van der Waals surface area contributed by atoms with Gasteiger partial charge in [0.2, 0.25) is 0 Å². The van der Waals surface area contributed by atoms with Gasteiger partial charge in [-0.15, -0.1) is 0 Å². The van der Waals surface area contributed by atoms with E-state index >= 15 is 0 Å². The molecule has 5 N–H and O–H groups in total. The first-order valence-corrected chi connectivity index (χ1v) is 7.02. The SMILES string of the molecule is Cc1cc(C)c(C(C)(C)CNCC(N)CN)c(C)c1. The predicted molar refractivity (Wildman–Crippen MR) is 83.6 cm³/mol. The molecular weight excluding hydrogens is 234 g/mol. The van der Waals surface area contributed by atoms with Gasteiger partial charge in [-0.3, -0.25) is 0 Å². The van der Waals surface area contributed by atoms with Gasteiger partial charge >= 0.3 is 0 Å². The summed E-state index contributed by atoms with van der Waals surface area (Å²) in [7, 11) is 0. The van der Waals surface area contributed by atoms with Crippen molar-refractivity contribution >= 4 is 0 Å². The molecule has 0 saturated heterocycles. The van der Waals surface area contributed by atoms with Crippen molar-refractivity contribution in [3.05, 3.63) is 34.4 Å². The van der Waals surface area contributed by atoms with Crippen molar-refractivity contribution in [2.24, 2.45) is 11.5 Å². The average Bonchev–Trinajstić information content (AvgIpc) is 2.26. The van der Waals surface area contributed by atoms with E-state index in [0.717, 1.165) is 13.1 Å². The zero-order chi connectivity index (χ0) is 14.6. The smallest absolute Gasteiger partial charge is 0.0290 e. The first kappa shape index (κ1) is 16.2. The fraction of sp³-hybridized carbons (Fsp3) is 0.625. The topological polar surface area (TPSA) is 64.1 Å². The number of aryl methyl sites for hydroxylation is 3. The molecule has 108 valence electrons. The van der Waals surface area contributed by atoms with Crippen LogP contribution in [0, 0.1) is 20.8 Å². The highest BCUT2D eigenvalue weighted by Crippen LogP contribution is 2.29. The van der Waals surface area contributed by atoms with Gasteiger partial charge < -0.3 is 16.8 Å². The molecule has 0 heterocycles. The highest BCUT2D eigenvalue weighted by atomic mass is 14.9. The van der Waals surface area contributed by atoms with Crippen molar-refractivity contribution in [1.82, 2.24) is 5.32 Å². The second kappa shape index (κ2) is 6.51. The van der Waals surface area contributed by atoms with Crippen LogP contribution < -0.4 is 16.8 Å². The van der Waals surface area contributed by atoms with Gasteiger partial charge in [-0.2, -0.15) is 0 Å². The van der Waals surface area contributed by atoms with E-state index in [9.17, 15) is 0 Å². The van der Waals surface area contributed by atoms with E-state index in [1.807, 2.05) is 0 Å². The van der Waals surface area contributed by atoms with Gasteiger partial charge in [0.05, 0.1) is 0 Å². The average molecular weight is 263 g/mol. The maximum atomic E-state index is 5.83. The van der Waals surface area contributed by atoms with Crippen LogP contribution >= 0.6 is 0 Å². The van der Waals surface area contributed by atoms with Crippen molar-refractivity contribution in [2.75, 3.05) is 19.6 Å². The summed E-state index contributed by atoms with van der Waals surface area (Å²) >= 11 is 0. The largest absolute Gasteiger partial charge is 0.329 e. The Hall–Kier alpha value is -0.900. The number of hydrogen-bond acceptors (Lipinski definition) is 3. The van der Waals surface area contributed by atoms with Gasteiger partial charge in [0.1, 0.15) is 0 Å². The van der Waals surface area contributed by atoms with Crippen LogP contribution in [0.5, 0.6) is 0 Å². The van der Waals surface area contributed by atoms with Crippen molar-refractivity contribution in [3.63, 3.8) is 0 Å². The van der Waals surface area contributed by atoms with Crippen molar-refractivity contribution in [1.29, 1.82) is 0 Å². The maximum absolute atomic E-state index is 5.83. The zero-order valence-electron chi connectivity index (χ0n) is 13.0. The molecule has 1 aromatic rings. The van der Waals surface area contributed by atoms with Crippen LogP contribution in [0.25, 0.3) is 0 Å². The third-order valence-electron chi connectivity index (χ3n) is 3.63. The van der Waals surface area contributed by atoms with Crippen LogP contribution in [0.4, 0.5) is 0 Å². The van der Waals surface area contributed by atoms with Gasteiger partial charge in [0.15, 0.2) is 0 Å². The van der Waals surface area contributed by atoms with Crippen LogP contribution in [-0.4, -0.2) is 25.7 Å². The lowest BCUT2D eigenvalue weighted by Crippen LogP contribution is -2.43. The van der Waals surface area contributed by atoms with E-state index in [4.69, 9.17) is 11.5 Å². The Morgan fingerprint density at radius 2 is 1.68 bits per heavy atom. The fourth-order valence-electron chi connectivity index (χ4n) is 2.99. The molecule has 1 atom stereocenters. The van der Waals surface area contributed by atoms with Crippen LogP contribution in [0.15, 0.2) is 12.1 Å². The molecule has 1 rings (SSSR count). The monoisotopic (exact) mass is 263 g/mol. The predicted octanol–water partition coefficient (Wildman–Crippen LogP) is 1.77. The van der Waals surface area contributed by atoms with E-state index in [-0.39, 0.29) is 11.5 Å². The van der Waals surface area contributed by atoms with Gasteiger partial charge in [-0.25, -0.2) is 0 Å². The van der Waals surface area contributed by atoms with Crippen molar-refractivity contribution in [3.8, 4) is 0 Å². The molecule has 0 saturated carbocycles. The minimum absolute atomic E-state index is 0.0380. The first-order valence-electron chi connectivity index (χ1n) is 7.02. The molecule has 0 radical (unpaired) electrons. The summed E-state index contributed by atoms with van der Waals surface area (Å²) in [6.07, 6.45) is 0. The van der Waals surface area contributed by atoms with Gasteiger partial charge in [-0.05, 0) is 37.5 Å². The van der Waals surface area contributed by atoms with E-state index in [1.54, 1.807) is 0 Å². The summed E-state index contributed by atoms with van der Waals surface area (Å²) in [6, 6.07) is 4.56. The number of benzene rings is 1. The standard InChI is InChI=1S/C16H29N3/c1-11-6-12(2)15(13(3)7-11)16(4,5)10-19-9-14(18)8-17/h6-7,14,19H,8-10,17-18H2,1-5H3. The molecule has 0 aliphatic carbocycles. The highest BCUT2D eigenvalue weighted by molar-refractivity contribution is 5.42. The lowest BCUT2D eigenvalue weighted by Gasteiger charge is -2.30. The van der Waals surface area contributed by atoms with Crippen molar-refractivity contribution in [2.45, 2.75) is 46.1 Å². The highest BCUT2D eigenvalue weighted by Gasteiger charge is 2.24. The first-order chi connectivity index (χ1) is 8.77. The van der Waals surface area contributed by atoms with Gasteiger partial charge in [-0.1, -0.05) is 31.5 Å². The molecule has 1 aromatic carbocycles. The molecule has 19 heavy (non-hydrogen) atoms. The molecule has 3 nitrogen and oxygen atoms in total. The van der Waals surface area contributed by atoms with E-state index in [0.29, 0.717) is 6.54 Å². The van der Waals surface area contributed by atoms with Gasteiger partial charge in [0, 0.05) is 31.1 Å². The number of nitrogens with one attached hydrogen (secondary N) is 1. The zero-order valence-corrected chi connectivity index (χ0v) is 13.0. The Balaban J connectivity index is 2.82. The fourth-order valence-corrected chi connectivity index (χ4v) is 2.99. The molecule has 0 aliphatic rings. The third-order valence-corrected chi connectivity index (χ3v) is 3.63. The maximum Gasteiger partial charge on any atom is 0.0290 e. The van der Waals surface area contributed by atoms with Gasteiger partial charge in [0.25, 0.3) is 0 Å². The number of nitrogens with two attached hydrogens (primary N) is 2. The summed E-state index contributed by atoms with van der Waals surface area (Å²) in [4.78, 5) is 0. The Labute approximate surface area is 117 Å². The molecule has 0 aromatic heterocycles. The summed E-state index contributed by atoms with van der Waals surface area (Å²) in [6.45, 7) is 13.3. The minimum Gasteiger partial charge on any atom is -0.329 e. The lowest BCUT2D eigenvalue weighted by molar-refractivity contribution is 0.450. The summed E-state index contributed by atoms with van der Waals surface area (Å²) in [5, 5.41) is 3.44. The Kier molecular flexibility index (Phi) is 5.53. The van der Waals surface area contributed by atoms with Crippen LogP contribution in [-0.2, 0) is 5.41 Å². The quantitative estimate of drug-likeness (QED) is 0.733.